The highest BCUT2D eigenvalue weighted by atomic mass is 35.5. The first-order chi connectivity index (χ1) is 13.7. The number of halogens is 1. The lowest BCUT2D eigenvalue weighted by atomic mass is 10.2. The van der Waals surface area contributed by atoms with Gasteiger partial charge in [0.2, 0.25) is 0 Å². The molecule has 0 spiro atoms. The number of aliphatic hydroxyl groups is 1. The lowest BCUT2D eigenvalue weighted by Crippen LogP contribution is -2.48. The molecule has 0 bridgehead atoms. The predicted molar refractivity (Wildman–Crippen MR) is 112 cm³/mol. The summed E-state index contributed by atoms with van der Waals surface area (Å²) in [6.07, 6.45) is -0.476. The van der Waals surface area contributed by atoms with Gasteiger partial charge in [0.1, 0.15) is 12.4 Å². The number of rotatable bonds is 10. The summed E-state index contributed by atoms with van der Waals surface area (Å²) < 4.78 is 11.1. The Bertz CT molecular complexity index is 676. The molecule has 1 aliphatic rings. The van der Waals surface area contributed by atoms with Crippen LogP contribution in [0.3, 0.4) is 0 Å². The van der Waals surface area contributed by atoms with Crippen LogP contribution in [0.2, 0.25) is 5.02 Å². The fourth-order valence-electron chi connectivity index (χ4n) is 3.29. The van der Waals surface area contributed by atoms with Crippen molar-refractivity contribution >= 4 is 11.6 Å². The van der Waals surface area contributed by atoms with Gasteiger partial charge in [0.05, 0.1) is 19.3 Å². The minimum Gasteiger partial charge on any atom is -0.491 e. The van der Waals surface area contributed by atoms with Gasteiger partial charge in [-0.1, -0.05) is 41.9 Å². The van der Waals surface area contributed by atoms with Crippen LogP contribution in [-0.4, -0.2) is 73.6 Å². The summed E-state index contributed by atoms with van der Waals surface area (Å²) in [5.41, 5.74) is 1.35. The van der Waals surface area contributed by atoms with Gasteiger partial charge < -0.3 is 14.6 Å². The van der Waals surface area contributed by atoms with Crippen LogP contribution in [0, 0.1) is 0 Å². The Morgan fingerprint density at radius 2 is 1.57 bits per heavy atom. The molecule has 0 saturated carbocycles. The van der Waals surface area contributed by atoms with E-state index in [0.717, 1.165) is 38.5 Å². The van der Waals surface area contributed by atoms with Gasteiger partial charge in [0, 0.05) is 44.3 Å². The molecule has 0 radical (unpaired) electrons. The topological polar surface area (TPSA) is 45.2 Å². The number of ether oxygens (including phenoxy) is 2. The van der Waals surface area contributed by atoms with Crippen LogP contribution in [0.4, 0.5) is 0 Å². The molecule has 152 valence electrons. The highest BCUT2D eigenvalue weighted by Gasteiger charge is 2.19. The summed E-state index contributed by atoms with van der Waals surface area (Å²) in [6.45, 7) is 6.87. The van der Waals surface area contributed by atoms with Crippen molar-refractivity contribution in [1.82, 2.24) is 9.80 Å². The van der Waals surface area contributed by atoms with Crippen molar-refractivity contribution in [2.45, 2.75) is 12.6 Å². The summed E-state index contributed by atoms with van der Waals surface area (Å²) in [5.74, 6) is 0.766. The third-order valence-corrected chi connectivity index (χ3v) is 5.06. The van der Waals surface area contributed by atoms with Crippen molar-refractivity contribution in [1.29, 1.82) is 0 Å². The molecule has 6 heteroatoms. The minimum absolute atomic E-state index is 0.328. The second kappa shape index (κ2) is 11.4. The molecule has 3 rings (SSSR count). The second-order valence-electron chi connectivity index (χ2n) is 7.09. The highest BCUT2D eigenvalue weighted by Crippen LogP contribution is 2.15. The third kappa shape index (κ3) is 7.41. The number of aliphatic hydroxyl groups excluding tert-OH is 1. The summed E-state index contributed by atoms with van der Waals surface area (Å²) in [4.78, 5) is 4.77. The first kappa shape index (κ1) is 21.1. The standard InChI is InChI=1S/C22H29ClN2O3/c23-20-6-8-22(9-7-20)28-15-14-27-18-21(26)17-25-12-10-24(11-13-25)16-19-4-2-1-3-5-19/h1-9,21,26H,10-18H2. The van der Waals surface area contributed by atoms with E-state index in [1.807, 2.05) is 12.1 Å². The molecule has 1 N–H and O–H groups in total. The van der Waals surface area contributed by atoms with E-state index in [2.05, 4.69) is 40.1 Å². The van der Waals surface area contributed by atoms with Crippen molar-refractivity contribution < 1.29 is 14.6 Å². The van der Waals surface area contributed by atoms with Gasteiger partial charge in [0.15, 0.2) is 0 Å². The molecular weight excluding hydrogens is 376 g/mol. The smallest absolute Gasteiger partial charge is 0.119 e. The molecule has 0 aromatic heterocycles. The summed E-state index contributed by atoms with van der Waals surface area (Å²) >= 11 is 5.84. The van der Waals surface area contributed by atoms with Gasteiger partial charge >= 0.3 is 0 Å². The largest absolute Gasteiger partial charge is 0.491 e. The first-order valence-electron chi connectivity index (χ1n) is 9.82. The van der Waals surface area contributed by atoms with Crippen molar-refractivity contribution in [2.24, 2.45) is 0 Å². The molecule has 5 nitrogen and oxygen atoms in total. The van der Waals surface area contributed by atoms with E-state index < -0.39 is 6.10 Å². The molecule has 1 saturated heterocycles. The van der Waals surface area contributed by atoms with Gasteiger partial charge in [0.25, 0.3) is 0 Å². The first-order valence-corrected chi connectivity index (χ1v) is 10.2. The molecule has 1 heterocycles. The Kier molecular flexibility index (Phi) is 8.58. The van der Waals surface area contributed by atoms with Crippen LogP contribution in [0.25, 0.3) is 0 Å². The number of β-amino-alcohol motifs (C(OH)–C–C–N with tert-alkyl or cyclic N) is 1. The minimum atomic E-state index is -0.476. The number of nitrogens with zero attached hydrogens (tertiary/aromatic N) is 2. The van der Waals surface area contributed by atoms with E-state index >= 15 is 0 Å². The molecule has 1 atom stereocenters. The maximum Gasteiger partial charge on any atom is 0.119 e. The average Bonchev–Trinajstić information content (AvgIpc) is 2.71. The third-order valence-electron chi connectivity index (χ3n) is 4.80. The molecule has 2 aromatic rings. The van der Waals surface area contributed by atoms with Crippen molar-refractivity contribution in [3.05, 3.63) is 65.2 Å². The van der Waals surface area contributed by atoms with E-state index in [-0.39, 0.29) is 0 Å². The molecule has 0 amide bonds. The molecule has 1 fully saturated rings. The predicted octanol–water partition coefficient (Wildman–Crippen LogP) is 2.91. The molecule has 0 aliphatic carbocycles. The van der Waals surface area contributed by atoms with Crippen LogP contribution in [0.15, 0.2) is 54.6 Å². The zero-order valence-electron chi connectivity index (χ0n) is 16.2. The SMILES string of the molecule is OC(COCCOc1ccc(Cl)cc1)CN1CCN(Cc2ccccc2)CC1. The van der Waals surface area contributed by atoms with Gasteiger partial charge in [-0.2, -0.15) is 0 Å². The van der Waals surface area contributed by atoms with Gasteiger partial charge in [-0.15, -0.1) is 0 Å². The molecule has 1 aliphatic heterocycles. The second-order valence-corrected chi connectivity index (χ2v) is 7.53. The lowest BCUT2D eigenvalue weighted by molar-refractivity contribution is -0.000435. The number of hydrogen-bond acceptors (Lipinski definition) is 5. The van der Waals surface area contributed by atoms with Crippen LogP contribution < -0.4 is 4.74 Å². The van der Waals surface area contributed by atoms with Crippen LogP contribution >= 0.6 is 11.6 Å². The summed E-state index contributed by atoms with van der Waals surface area (Å²) in [6, 6.07) is 17.8. The monoisotopic (exact) mass is 404 g/mol. The molecule has 28 heavy (non-hydrogen) atoms. The van der Waals surface area contributed by atoms with Gasteiger partial charge in [-0.05, 0) is 29.8 Å². The van der Waals surface area contributed by atoms with E-state index in [4.69, 9.17) is 21.1 Å². The number of benzene rings is 2. The number of piperazine rings is 1. The Morgan fingerprint density at radius 1 is 0.893 bits per heavy atom. The molecular formula is C22H29ClN2O3. The van der Waals surface area contributed by atoms with Gasteiger partial charge in [-0.25, -0.2) is 0 Å². The zero-order valence-corrected chi connectivity index (χ0v) is 16.9. The fourth-order valence-corrected chi connectivity index (χ4v) is 3.42. The van der Waals surface area contributed by atoms with E-state index in [1.165, 1.54) is 5.56 Å². The molecule has 2 aromatic carbocycles. The van der Waals surface area contributed by atoms with Gasteiger partial charge in [-0.3, -0.25) is 9.80 Å². The fraction of sp³-hybridized carbons (Fsp3) is 0.455. The average molecular weight is 405 g/mol. The molecule has 1 unspecified atom stereocenters. The summed E-state index contributed by atoms with van der Waals surface area (Å²) in [5, 5.41) is 10.9. The summed E-state index contributed by atoms with van der Waals surface area (Å²) in [7, 11) is 0. The normalized spacial score (nSPS) is 16.8. The number of hydrogen-bond donors (Lipinski definition) is 1. The van der Waals surface area contributed by atoms with Crippen molar-refractivity contribution in [3.63, 3.8) is 0 Å². The van der Waals surface area contributed by atoms with Crippen LogP contribution in [-0.2, 0) is 11.3 Å². The van der Waals surface area contributed by atoms with E-state index in [9.17, 15) is 5.11 Å². The lowest BCUT2D eigenvalue weighted by Gasteiger charge is -2.35. The highest BCUT2D eigenvalue weighted by molar-refractivity contribution is 6.30. The van der Waals surface area contributed by atoms with Crippen LogP contribution in [0.5, 0.6) is 5.75 Å². The van der Waals surface area contributed by atoms with E-state index in [1.54, 1.807) is 12.1 Å². The Balaban J connectivity index is 1.24. The Morgan fingerprint density at radius 3 is 2.29 bits per heavy atom. The zero-order chi connectivity index (χ0) is 19.6. The maximum absolute atomic E-state index is 10.2. The Labute approximate surface area is 172 Å². The van der Waals surface area contributed by atoms with Crippen molar-refractivity contribution in [3.8, 4) is 5.75 Å². The quantitative estimate of drug-likeness (QED) is 0.617. The maximum atomic E-state index is 10.2. The van der Waals surface area contributed by atoms with Crippen LogP contribution in [0.1, 0.15) is 5.56 Å². The Hall–Kier alpha value is -1.63. The van der Waals surface area contributed by atoms with E-state index in [0.29, 0.717) is 31.4 Å². The van der Waals surface area contributed by atoms with Crippen molar-refractivity contribution in [2.75, 3.05) is 52.5 Å².